The van der Waals surface area contributed by atoms with Crippen LogP contribution in [-0.4, -0.2) is 20.0 Å². The smallest absolute Gasteiger partial charge is 0.256 e. The number of nitrogens with one attached hydrogen (secondary N) is 1. The Morgan fingerprint density at radius 1 is 1.09 bits per heavy atom. The number of hydrogen-bond acceptors (Lipinski definition) is 2. The van der Waals surface area contributed by atoms with Crippen LogP contribution in [0.5, 0.6) is 0 Å². The highest BCUT2D eigenvalue weighted by Gasteiger charge is 2.26. The summed E-state index contributed by atoms with van der Waals surface area (Å²) in [5.74, 6) is -0.0483. The van der Waals surface area contributed by atoms with Gasteiger partial charge in [-0.1, -0.05) is 28.1 Å². The van der Waals surface area contributed by atoms with Crippen molar-refractivity contribution in [2.24, 2.45) is 0 Å². The first-order valence-electron chi connectivity index (χ1n) is 7.07. The highest BCUT2D eigenvalue weighted by Crippen LogP contribution is 2.38. The zero-order valence-electron chi connectivity index (χ0n) is 12.8. The topological polar surface area (TPSA) is 32.3 Å². The van der Waals surface area contributed by atoms with Crippen LogP contribution in [0.25, 0.3) is 11.6 Å². The Labute approximate surface area is 138 Å². The van der Waals surface area contributed by atoms with Crippen LogP contribution in [0.4, 0.5) is 11.4 Å². The molecule has 0 atom stereocenters. The molecular weight excluding hydrogens is 340 g/mol. The van der Waals surface area contributed by atoms with E-state index < -0.39 is 0 Å². The van der Waals surface area contributed by atoms with Gasteiger partial charge in [-0.25, -0.2) is 0 Å². The Bertz CT molecular complexity index is 776. The number of hydrogen-bond donors (Lipinski definition) is 1. The number of rotatable bonds is 2. The second-order valence-corrected chi connectivity index (χ2v) is 6.45. The number of anilines is 2. The molecule has 1 amide bonds. The molecule has 1 heterocycles. The summed E-state index contributed by atoms with van der Waals surface area (Å²) in [5.41, 5.74) is 5.80. The minimum Gasteiger partial charge on any atom is -0.378 e. The molecule has 22 heavy (non-hydrogen) atoms. The SMILES string of the molecule is Cc1c(Br)ccc2c1C(=Cc1ccc(N(C)C)cc1)C(=O)N2. The van der Waals surface area contributed by atoms with Crippen molar-refractivity contribution in [1.82, 2.24) is 0 Å². The molecule has 0 bridgehead atoms. The fraction of sp³-hybridized carbons (Fsp3) is 0.167. The van der Waals surface area contributed by atoms with E-state index in [2.05, 4.69) is 26.1 Å². The van der Waals surface area contributed by atoms with Crippen LogP contribution in [0, 0.1) is 6.92 Å². The monoisotopic (exact) mass is 356 g/mol. The Morgan fingerprint density at radius 3 is 2.41 bits per heavy atom. The Morgan fingerprint density at radius 2 is 1.77 bits per heavy atom. The van der Waals surface area contributed by atoms with E-state index in [0.29, 0.717) is 5.57 Å². The van der Waals surface area contributed by atoms with Gasteiger partial charge in [-0.05, 0) is 48.4 Å². The van der Waals surface area contributed by atoms with Crippen molar-refractivity contribution in [1.29, 1.82) is 0 Å². The Hall–Kier alpha value is -2.07. The molecule has 3 rings (SSSR count). The average molecular weight is 357 g/mol. The van der Waals surface area contributed by atoms with E-state index in [-0.39, 0.29) is 5.91 Å². The maximum atomic E-state index is 12.3. The van der Waals surface area contributed by atoms with Gasteiger partial charge < -0.3 is 10.2 Å². The van der Waals surface area contributed by atoms with E-state index in [1.165, 1.54) is 0 Å². The van der Waals surface area contributed by atoms with Crippen LogP contribution in [0.1, 0.15) is 16.7 Å². The lowest BCUT2D eigenvalue weighted by Gasteiger charge is -2.12. The van der Waals surface area contributed by atoms with Crippen molar-refractivity contribution >= 4 is 44.9 Å². The lowest BCUT2D eigenvalue weighted by molar-refractivity contribution is -0.110. The number of carbonyl (C=O) groups is 1. The van der Waals surface area contributed by atoms with Gasteiger partial charge in [-0.15, -0.1) is 0 Å². The van der Waals surface area contributed by atoms with Gasteiger partial charge in [0.15, 0.2) is 0 Å². The molecule has 2 aromatic rings. The van der Waals surface area contributed by atoms with E-state index in [0.717, 1.165) is 32.5 Å². The number of amides is 1. The fourth-order valence-corrected chi connectivity index (χ4v) is 2.94. The van der Waals surface area contributed by atoms with Crippen LogP contribution < -0.4 is 10.2 Å². The number of carbonyl (C=O) groups excluding carboxylic acids is 1. The first kappa shape index (κ1) is 14.9. The first-order valence-corrected chi connectivity index (χ1v) is 7.86. The van der Waals surface area contributed by atoms with Crippen LogP contribution >= 0.6 is 15.9 Å². The minimum atomic E-state index is -0.0483. The number of nitrogens with zero attached hydrogens (tertiary/aromatic N) is 1. The second kappa shape index (κ2) is 5.61. The van der Waals surface area contributed by atoms with Gasteiger partial charge in [0.25, 0.3) is 5.91 Å². The van der Waals surface area contributed by atoms with Crippen LogP contribution in [0.15, 0.2) is 40.9 Å². The van der Waals surface area contributed by atoms with Gasteiger partial charge in [-0.3, -0.25) is 4.79 Å². The van der Waals surface area contributed by atoms with Crippen LogP contribution in [0.3, 0.4) is 0 Å². The molecule has 112 valence electrons. The lowest BCUT2D eigenvalue weighted by atomic mass is 9.99. The molecule has 0 spiro atoms. The third kappa shape index (κ3) is 2.55. The number of benzene rings is 2. The zero-order chi connectivity index (χ0) is 15.9. The van der Waals surface area contributed by atoms with E-state index in [1.807, 2.05) is 63.5 Å². The molecule has 0 radical (unpaired) electrons. The predicted octanol–water partition coefficient (Wildman–Crippen LogP) is 4.32. The van der Waals surface area contributed by atoms with Gasteiger partial charge >= 0.3 is 0 Å². The molecule has 0 saturated carbocycles. The molecule has 4 heteroatoms. The number of fused-ring (bicyclic) bond motifs is 1. The summed E-state index contributed by atoms with van der Waals surface area (Å²) in [6.07, 6.45) is 1.94. The second-order valence-electron chi connectivity index (χ2n) is 5.59. The van der Waals surface area contributed by atoms with Crippen LogP contribution in [-0.2, 0) is 4.79 Å². The summed E-state index contributed by atoms with van der Waals surface area (Å²) < 4.78 is 1.01. The standard InChI is InChI=1S/C18H17BrN2O/c1-11-15(19)8-9-16-17(11)14(18(22)20-16)10-12-4-6-13(7-5-12)21(2)3/h4-10H,1-3H3,(H,20,22). The highest BCUT2D eigenvalue weighted by atomic mass is 79.9. The summed E-state index contributed by atoms with van der Waals surface area (Å²) in [6, 6.07) is 12.0. The molecule has 1 aliphatic rings. The Kier molecular flexibility index (Phi) is 3.79. The molecule has 1 aliphatic heterocycles. The molecule has 3 nitrogen and oxygen atoms in total. The van der Waals surface area contributed by atoms with Crippen molar-refractivity contribution in [3.8, 4) is 0 Å². The van der Waals surface area contributed by atoms with Crippen molar-refractivity contribution in [3.05, 3.63) is 57.6 Å². The number of halogens is 1. The van der Waals surface area contributed by atoms with Gasteiger partial charge in [0, 0.05) is 41.1 Å². The quantitative estimate of drug-likeness (QED) is 0.812. The molecule has 1 N–H and O–H groups in total. The van der Waals surface area contributed by atoms with Crippen molar-refractivity contribution < 1.29 is 4.79 Å². The van der Waals surface area contributed by atoms with Crippen molar-refractivity contribution in [2.75, 3.05) is 24.3 Å². The van der Waals surface area contributed by atoms with Gasteiger partial charge in [0.1, 0.15) is 0 Å². The normalized spacial score (nSPS) is 14.9. The average Bonchev–Trinajstić information content (AvgIpc) is 2.80. The molecule has 0 aliphatic carbocycles. The summed E-state index contributed by atoms with van der Waals surface area (Å²) in [4.78, 5) is 14.3. The van der Waals surface area contributed by atoms with E-state index in [1.54, 1.807) is 0 Å². The molecule has 0 unspecified atom stereocenters. The fourth-order valence-electron chi connectivity index (χ4n) is 2.61. The summed E-state index contributed by atoms with van der Waals surface area (Å²) >= 11 is 3.54. The third-order valence-corrected chi connectivity index (χ3v) is 4.74. The van der Waals surface area contributed by atoms with E-state index >= 15 is 0 Å². The van der Waals surface area contributed by atoms with Crippen LogP contribution in [0.2, 0.25) is 0 Å². The molecular formula is C18H17BrN2O. The molecule has 0 aromatic heterocycles. The van der Waals surface area contributed by atoms with Gasteiger partial charge in [-0.2, -0.15) is 0 Å². The molecule has 0 fully saturated rings. The summed E-state index contributed by atoms with van der Waals surface area (Å²) in [5, 5.41) is 2.93. The minimum absolute atomic E-state index is 0.0483. The molecule has 0 saturated heterocycles. The van der Waals surface area contributed by atoms with E-state index in [9.17, 15) is 4.79 Å². The Balaban J connectivity index is 2.06. The van der Waals surface area contributed by atoms with Crippen molar-refractivity contribution in [2.45, 2.75) is 6.92 Å². The maximum absolute atomic E-state index is 12.3. The van der Waals surface area contributed by atoms with Gasteiger partial charge in [0.2, 0.25) is 0 Å². The summed E-state index contributed by atoms with van der Waals surface area (Å²) in [7, 11) is 4.02. The first-order chi connectivity index (χ1) is 10.5. The molecule has 2 aromatic carbocycles. The third-order valence-electron chi connectivity index (χ3n) is 3.88. The highest BCUT2D eigenvalue weighted by molar-refractivity contribution is 9.10. The van der Waals surface area contributed by atoms with Gasteiger partial charge in [0.05, 0.1) is 0 Å². The van der Waals surface area contributed by atoms with Crippen molar-refractivity contribution in [3.63, 3.8) is 0 Å². The predicted molar refractivity (Wildman–Crippen MR) is 96.1 cm³/mol. The largest absolute Gasteiger partial charge is 0.378 e. The van der Waals surface area contributed by atoms with E-state index in [4.69, 9.17) is 0 Å². The lowest BCUT2D eigenvalue weighted by Crippen LogP contribution is -2.08. The summed E-state index contributed by atoms with van der Waals surface area (Å²) in [6.45, 7) is 2.02. The maximum Gasteiger partial charge on any atom is 0.256 e. The zero-order valence-corrected chi connectivity index (χ0v) is 14.4.